The molecule has 2 aromatic carbocycles. The Balaban J connectivity index is 1.71. The van der Waals surface area contributed by atoms with Crippen molar-refractivity contribution in [3.05, 3.63) is 58.3 Å². The van der Waals surface area contributed by atoms with E-state index < -0.39 is 17.1 Å². The van der Waals surface area contributed by atoms with E-state index in [0.717, 1.165) is 10.0 Å². The molecule has 0 aliphatic heterocycles. The second-order valence-corrected chi connectivity index (χ2v) is 6.82. The standard InChI is InChI=1S/C18H16BrFN2O2/c1-11-5-6-14(10-15(11)19)22-17(24)18(7-8-18)16(23)21-13-4-2-3-12(20)9-13/h2-6,9-10H,7-8H2,1H3,(H,21,23)(H,22,24). The fraction of sp³-hybridized carbons (Fsp3) is 0.222. The Hall–Kier alpha value is -2.21. The SMILES string of the molecule is Cc1ccc(NC(=O)C2(C(=O)Nc3cccc(F)c3)CC2)cc1Br. The summed E-state index contributed by atoms with van der Waals surface area (Å²) in [4.78, 5) is 25.0. The van der Waals surface area contributed by atoms with Crippen LogP contribution >= 0.6 is 15.9 Å². The lowest BCUT2D eigenvalue weighted by molar-refractivity contribution is -0.131. The van der Waals surface area contributed by atoms with Crippen LogP contribution < -0.4 is 10.6 Å². The monoisotopic (exact) mass is 390 g/mol. The summed E-state index contributed by atoms with van der Waals surface area (Å²) >= 11 is 3.42. The van der Waals surface area contributed by atoms with Crippen LogP contribution in [0, 0.1) is 18.2 Å². The van der Waals surface area contributed by atoms with Crippen LogP contribution in [-0.2, 0) is 9.59 Å². The van der Waals surface area contributed by atoms with Gasteiger partial charge in [0, 0.05) is 15.8 Å². The highest BCUT2D eigenvalue weighted by molar-refractivity contribution is 9.10. The first-order chi connectivity index (χ1) is 11.4. The Morgan fingerprint density at radius 3 is 2.21 bits per heavy atom. The first-order valence-corrected chi connectivity index (χ1v) is 8.35. The number of benzene rings is 2. The zero-order valence-electron chi connectivity index (χ0n) is 13.0. The molecule has 124 valence electrons. The highest BCUT2D eigenvalue weighted by atomic mass is 79.9. The number of aryl methyl sites for hydroxylation is 1. The molecule has 1 aliphatic rings. The molecule has 0 bridgehead atoms. The van der Waals surface area contributed by atoms with Gasteiger partial charge in [0.25, 0.3) is 0 Å². The van der Waals surface area contributed by atoms with Crippen LogP contribution in [0.4, 0.5) is 15.8 Å². The van der Waals surface area contributed by atoms with Gasteiger partial charge >= 0.3 is 0 Å². The van der Waals surface area contributed by atoms with Gasteiger partial charge in [0.15, 0.2) is 0 Å². The van der Waals surface area contributed by atoms with E-state index in [-0.39, 0.29) is 5.91 Å². The summed E-state index contributed by atoms with van der Waals surface area (Å²) in [7, 11) is 0. The first-order valence-electron chi connectivity index (χ1n) is 7.55. The zero-order chi connectivity index (χ0) is 17.3. The molecule has 0 spiro atoms. The molecule has 1 saturated carbocycles. The third-order valence-corrected chi connectivity index (χ3v) is 4.99. The second kappa shape index (κ2) is 6.36. The average Bonchev–Trinajstić information content (AvgIpc) is 3.33. The minimum atomic E-state index is -1.08. The largest absolute Gasteiger partial charge is 0.325 e. The van der Waals surface area contributed by atoms with Gasteiger partial charge in [-0.05, 0) is 55.7 Å². The van der Waals surface area contributed by atoms with Crippen LogP contribution in [0.1, 0.15) is 18.4 Å². The molecule has 1 fully saturated rings. The van der Waals surface area contributed by atoms with Crippen molar-refractivity contribution in [3.63, 3.8) is 0 Å². The maximum absolute atomic E-state index is 13.2. The summed E-state index contributed by atoms with van der Waals surface area (Å²) in [5.74, 6) is -1.18. The predicted octanol–water partition coefficient (Wildman–Crippen LogP) is 4.25. The van der Waals surface area contributed by atoms with Crippen LogP contribution in [0.5, 0.6) is 0 Å². The Kier molecular flexibility index (Phi) is 4.41. The van der Waals surface area contributed by atoms with E-state index in [1.165, 1.54) is 18.2 Å². The first kappa shape index (κ1) is 16.6. The van der Waals surface area contributed by atoms with Crippen molar-refractivity contribution in [1.29, 1.82) is 0 Å². The maximum Gasteiger partial charge on any atom is 0.240 e. The molecule has 2 aromatic rings. The molecule has 4 nitrogen and oxygen atoms in total. The van der Waals surface area contributed by atoms with Crippen LogP contribution in [0.3, 0.4) is 0 Å². The second-order valence-electron chi connectivity index (χ2n) is 5.96. The van der Waals surface area contributed by atoms with E-state index >= 15 is 0 Å². The summed E-state index contributed by atoms with van der Waals surface area (Å²) in [5.41, 5.74) is 0.946. The Labute approximate surface area is 147 Å². The van der Waals surface area contributed by atoms with Crippen LogP contribution in [-0.4, -0.2) is 11.8 Å². The van der Waals surface area contributed by atoms with E-state index in [1.54, 1.807) is 18.2 Å². The number of anilines is 2. The highest BCUT2D eigenvalue weighted by Gasteiger charge is 2.56. The summed E-state index contributed by atoms with van der Waals surface area (Å²) in [6.07, 6.45) is 0.958. The molecule has 2 amide bonds. The molecule has 0 aromatic heterocycles. The number of hydrogen-bond acceptors (Lipinski definition) is 2. The number of nitrogens with one attached hydrogen (secondary N) is 2. The molecule has 0 radical (unpaired) electrons. The Morgan fingerprint density at radius 1 is 1.04 bits per heavy atom. The van der Waals surface area contributed by atoms with E-state index in [9.17, 15) is 14.0 Å². The number of hydrogen-bond donors (Lipinski definition) is 2. The van der Waals surface area contributed by atoms with E-state index in [2.05, 4.69) is 26.6 Å². The van der Waals surface area contributed by atoms with Crippen molar-refractivity contribution >= 4 is 39.1 Å². The lowest BCUT2D eigenvalue weighted by Gasteiger charge is -2.16. The minimum absolute atomic E-state index is 0.341. The molecule has 0 unspecified atom stereocenters. The zero-order valence-corrected chi connectivity index (χ0v) is 14.6. The molecular weight excluding hydrogens is 375 g/mol. The molecule has 1 aliphatic carbocycles. The average molecular weight is 391 g/mol. The van der Waals surface area contributed by atoms with Crippen molar-refractivity contribution in [2.45, 2.75) is 19.8 Å². The summed E-state index contributed by atoms with van der Waals surface area (Å²) < 4.78 is 14.1. The fourth-order valence-corrected chi connectivity index (χ4v) is 2.80. The highest BCUT2D eigenvalue weighted by Crippen LogP contribution is 2.47. The van der Waals surface area contributed by atoms with Crippen molar-refractivity contribution in [2.75, 3.05) is 10.6 Å². The van der Waals surface area contributed by atoms with E-state index in [0.29, 0.717) is 24.2 Å². The smallest absolute Gasteiger partial charge is 0.240 e. The number of halogens is 2. The predicted molar refractivity (Wildman–Crippen MR) is 94.2 cm³/mol. The Bertz CT molecular complexity index is 818. The van der Waals surface area contributed by atoms with Crippen molar-refractivity contribution in [1.82, 2.24) is 0 Å². The molecule has 0 atom stereocenters. The topological polar surface area (TPSA) is 58.2 Å². The third kappa shape index (κ3) is 3.33. The quantitative estimate of drug-likeness (QED) is 0.766. The molecule has 0 saturated heterocycles. The van der Waals surface area contributed by atoms with Crippen molar-refractivity contribution < 1.29 is 14.0 Å². The third-order valence-electron chi connectivity index (χ3n) is 4.13. The van der Waals surface area contributed by atoms with Crippen molar-refractivity contribution in [3.8, 4) is 0 Å². The summed E-state index contributed by atoms with van der Waals surface area (Å²) in [6.45, 7) is 1.95. The summed E-state index contributed by atoms with van der Waals surface area (Å²) in [6, 6.07) is 11.1. The molecule has 2 N–H and O–H groups in total. The lowest BCUT2D eigenvalue weighted by Crippen LogP contribution is -2.35. The molecule has 24 heavy (non-hydrogen) atoms. The van der Waals surface area contributed by atoms with Gasteiger partial charge in [0.05, 0.1) is 0 Å². The Morgan fingerprint density at radius 2 is 1.67 bits per heavy atom. The van der Waals surface area contributed by atoms with Crippen LogP contribution in [0.25, 0.3) is 0 Å². The van der Waals surface area contributed by atoms with Gasteiger partial charge in [-0.1, -0.05) is 28.1 Å². The molecule has 3 rings (SSSR count). The van der Waals surface area contributed by atoms with Crippen LogP contribution in [0.2, 0.25) is 0 Å². The number of carbonyl (C=O) groups excluding carboxylic acids is 2. The van der Waals surface area contributed by atoms with Gasteiger partial charge in [0.1, 0.15) is 11.2 Å². The van der Waals surface area contributed by atoms with E-state index in [4.69, 9.17) is 0 Å². The van der Waals surface area contributed by atoms with Gasteiger partial charge in [0.2, 0.25) is 11.8 Å². The number of amides is 2. The molecule has 0 heterocycles. The van der Waals surface area contributed by atoms with Crippen LogP contribution in [0.15, 0.2) is 46.9 Å². The molecule has 6 heteroatoms. The maximum atomic E-state index is 13.2. The van der Waals surface area contributed by atoms with Crippen molar-refractivity contribution in [2.24, 2.45) is 5.41 Å². The number of carbonyl (C=O) groups is 2. The summed E-state index contributed by atoms with van der Waals surface area (Å²) in [5, 5.41) is 5.41. The minimum Gasteiger partial charge on any atom is -0.325 e. The lowest BCUT2D eigenvalue weighted by atomic mass is 10.0. The van der Waals surface area contributed by atoms with Gasteiger partial charge in [-0.3, -0.25) is 9.59 Å². The number of rotatable bonds is 4. The van der Waals surface area contributed by atoms with Gasteiger partial charge in [-0.2, -0.15) is 0 Å². The van der Waals surface area contributed by atoms with Gasteiger partial charge in [-0.25, -0.2) is 4.39 Å². The van der Waals surface area contributed by atoms with E-state index in [1.807, 2.05) is 13.0 Å². The van der Waals surface area contributed by atoms with Gasteiger partial charge in [-0.15, -0.1) is 0 Å². The normalized spacial score (nSPS) is 14.8. The molecular formula is C18H16BrFN2O2. The van der Waals surface area contributed by atoms with Gasteiger partial charge < -0.3 is 10.6 Å². The fourth-order valence-electron chi connectivity index (χ4n) is 2.42.